The molecule has 0 unspecified atom stereocenters. The summed E-state index contributed by atoms with van der Waals surface area (Å²) in [5.74, 6) is -0.616. The lowest BCUT2D eigenvalue weighted by Crippen LogP contribution is -2.43. The van der Waals surface area contributed by atoms with Crippen molar-refractivity contribution in [1.29, 1.82) is 0 Å². The number of ketones is 1. The molecule has 1 atom stereocenters. The first kappa shape index (κ1) is 19.2. The number of hydrogen-bond donors (Lipinski definition) is 1. The Labute approximate surface area is 169 Å². The Kier molecular flexibility index (Phi) is 5.62. The molecule has 5 nitrogen and oxygen atoms in total. The fourth-order valence-electron chi connectivity index (χ4n) is 3.75. The molecule has 0 saturated carbocycles. The van der Waals surface area contributed by atoms with Crippen LogP contribution < -0.4 is 10.6 Å². The number of halogens is 1. The standard InChI is InChI=1S/C23H23FN4O/c24-19-8-9-20(27-23(19)16-5-2-1-3-6-16)22(29)13-17-14-26-11-10-21(17)28-12-4-7-18(25)15-28/h1-3,5-6,8-11,14,18H,4,7,12-13,15,25H2/t18-/m0/s1. The molecule has 1 fully saturated rings. The Hall–Kier alpha value is -3.12. The second kappa shape index (κ2) is 8.49. The lowest BCUT2D eigenvalue weighted by Gasteiger charge is -2.33. The number of carbonyl (C=O) groups is 1. The highest BCUT2D eigenvalue weighted by molar-refractivity contribution is 5.97. The molecule has 6 heteroatoms. The molecule has 0 amide bonds. The van der Waals surface area contributed by atoms with Crippen LogP contribution in [0.4, 0.5) is 10.1 Å². The Bertz CT molecular complexity index is 1010. The molecule has 2 aromatic heterocycles. The molecule has 4 rings (SSSR count). The molecule has 2 N–H and O–H groups in total. The predicted molar refractivity (Wildman–Crippen MR) is 111 cm³/mol. The van der Waals surface area contributed by atoms with E-state index in [0.29, 0.717) is 5.56 Å². The van der Waals surface area contributed by atoms with E-state index in [9.17, 15) is 9.18 Å². The third kappa shape index (κ3) is 4.32. The van der Waals surface area contributed by atoms with Crippen molar-refractivity contribution in [2.75, 3.05) is 18.0 Å². The number of hydrogen-bond acceptors (Lipinski definition) is 5. The Balaban J connectivity index is 1.59. The van der Waals surface area contributed by atoms with Crippen molar-refractivity contribution in [3.8, 4) is 11.3 Å². The van der Waals surface area contributed by atoms with Gasteiger partial charge in [-0.05, 0) is 31.0 Å². The van der Waals surface area contributed by atoms with Crippen LogP contribution in [0.3, 0.4) is 0 Å². The minimum Gasteiger partial charge on any atom is -0.370 e. The molecule has 0 bridgehead atoms. The highest BCUT2D eigenvalue weighted by atomic mass is 19.1. The third-order valence-corrected chi connectivity index (χ3v) is 5.21. The van der Waals surface area contributed by atoms with Crippen molar-refractivity contribution < 1.29 is 9.18 Å². The number of anilines is 1. The summed E-state index contributed by atoms with van der Waals surface area (Å²) in [7, 11) is 0. The summed E-state index contributed by atoms with van der Waals surface area (Å²) in [5.41, 5.74) is 9.01. The van der Waals surface area contributed by atoms with E-state index in [2.05, 4.69) is 14.9 Å². The molecule has 1 aromatic carbocycles. The largest absolute Gasteiger partial charge is 0.370 e. The van der Waals surface area contributed by atoms with Gasteiger partial charge in [0.1, 0.15) is 17.2 Å². The van der Waals surface area contributed by atoms with E-state index in [0.717, 1.165) is 37.2 Å². The maximum atomic E-state index is 14.3. The topological polar surface area (TPSA) is 72.1 Å². The average molecular weight is 390 g/mol. The molecule has 148 valence electrons. The van der Waals surface area contributed by atoms with Gasteiger partial charge >= 0.3 is 0 Å². The lowest BCUT2D eigenvalue weighted by molar-refractivity contribution is 0.0988. The van der Waals surface area contributed by atoms with Gasteiger partial charge in [-0.15, -0.1) is 0 Å². The average Bonchev–Trinajstić information content (AvgIpc) is 2.75. The van der Waals surface area contributed by atoms with E-state index in [-0.39, 0.29) is 29.6 Å². The quantitative estimate of drug-likeness (QED) is 0.674. The number of rotatable bonds is 5. The minimum atomic E-state index is -0.447. The summed E-state index contributed by atoms with van der Waals surface area (Å²) in [5, 5.41) is 0. The van der Waals surface area contributed by atoms with Gasteiger partial charge in [0, 0.05) is 54.8 Å². The highest BCUT2D eigenvalue weighted by Gasteiger charge is 2.21. The Morgan fingerprint density at radius 2 is 2.00 bits per heavy atom. The fraction of sp³-hybridized carbons (Fsp3) is 0.261. The van der Waals surface area contributed by atoms with Crippen molar-refractivity contribution in [1.82, 2.24) is 9.97 Å². The van der Waals surface area contributed by atoms with Gasteiger partial charge in [-0.2, -0.15) is 0 Å². The van der Waals surface area contributed by atoms with Crippen LogP contribution in [0.1, 0.15) is 28.9 Å². The van der Waals surface area contributed by atoms with E-state index in [1.54, 1.807) is 24.5 Å². The number of Topliss-reactive ketones (excluding diaryl/α,β-unsaturated/α-hetero) is 1. The maximum absolute atomic E-state index is 14.3. The Morgan fingerprint density at radius 3 is 2.79 bits per heavy atom. The summed E-state index contributed by atoms with van der Waals surface area (Å²) < 4.78 is 14.3. The maximum Gasteiger partial charge on any atom is 0.185 e. The first-order valence-electron chi connectivity index (χ1n) is 9.80. The lowest BCUT2D eigenvalue weighted by atomic mass is 10.0. The summed E-state index contributed by atoms with van der Waals surface area (Å²) in [6.45, 7) is 1.67. The van der Waals surface area contributed by atoms with Gasteiger partial charge in [-0.3, -0.25) is 9.78 Å². The van der Waals surface area contributed by atoms with Crippen LogP contribution in [0.25, 0.3) is 11.3 Å². The third-order valence-electron chi connectivity index (χ3n) is 5.21. The van der Waals surface area contributed by atoms with Crippen LogP contribution >= 0.6 is 0 Å². The van der Waals surface area contributed by atoms with Crippen molar-refractivity contribution in [3.63, 3.8) is 0 Å². The van der Waals surface area contributed by atoms with Crippen molar-refractivity contribution in [2.24, 2.45) is 5.73 Å². The molecule has 1 aliphatic rings. The van der Waals surface area contributed by atoms with Crippen molar-refractivity contribution >= 4 is 11.5 Å². The van der Waals surface area contributed by atoms with Crippen LogP contribution in [0, 0.1) is 5.82 Å². The minimum absolute atomic E-state index is 0.132. The number of benzene rings is 1. The van der Waals surface area contributed by atoms with Gasteiger partial charge < -0.3 is 10.6 Å². The molecular weight excluding hydrogens is 367 g/mol. The van der Waals surface area contributed by atoms with E-state index < -0.39 is 5.82 Å². The molecule has 1 saturated heterocycles. The summed E-state index contributed by atoms with van der Waals surface area (Å²) in [4.78, 5) is 23.7. The molecular formula is C23H23FN4O. The highest BCUT2D eigenvalue weighted by Crippen LogP contribution is 2.25. The smallest absolute Gasteiger partial charge is 0.185 e. The van der Waals surface area contributed by atoms with E-state index in [1.807, 2.05) is 24.3 Å². The summed E-state index contributed by atoms with van der Waals surface area (Å²) in [6, 6.07) is 13.8. The van der Waals surface area contributed by atoms with Gasteiger partial charge in [0.05, 0.1) is 0 Å². The molecule has 0 spiro atoms. The SMILES string of the molecule is N[C@H]1CCCN(c2ccncc2CC(=O)c2ccc(F)c(-c3ccccc3)n2)C1. The molecule has 29 heavy (non-hydrogen) atoms. The fourth-order valence-corrected chi connectivity index (χ4v) is 3.75. The Morgan fingerprint density at radius 1 is 1.17 bits per heavy atom. The van der Waals surface area contributed by atoms with Crippen LogP contribution in [0.5, 0.6) is 0 Å². The van der Waals surface area contributed by atoms with E-state index >= 15 is 0 Å². The number of carbonyl (C=O) groups excluding carboxylic acids is 1. The zero-order chi connectivity index (χ0) is 20.2. The van der Waals surface area contributed by atoms with Gasteiger partial charge in [0.25, 0.3) is 0 Å². The second-order valence-electron chi connectivity index (χ2n) is 7.35. The van der Waals surface area contributed by atoms with Crippen LogP contribution in [-0.2, 0) is 6.42 Å². The van der Waals surface area contributed by atoms with E-state index in [4.69, 9.17) is 5.73 Å². The number of piperidine rings is 1. The van der Waals surface area contributed by atoms with Crippen molar-refractivity contribution in [3.05, 3.63) is 78.0 Å². The van der Waals surface area contributed by atoms with Crippen LogP contribution in [0.2, 0.25) is 0 Å². The zero-order valence-electron chi connectivity index (χ0n) is 16.1. The van der Waals surface area contributed by atoms with Crippen molar-refractivity contribution in [2.45, 2.75) is 25.3 Å². The first-order valence-corrected chi connectivity index (χ1v) is 9.80. The first-order chi connectivity index (χ1) is 14.1. The zero-order valence-corrected chi connectivity index (χ0v) is 16.1. The summed E-state index contributed by atoms with van der Waals surface area (Å²) in [6.07, 6.45) is 5.64. The monoisotopic (exact) mass is 390 g/mol. The van der Waals surface area contributed by atoms with E-state index in [1.165, 1.54) is 12.1 Å². The second-order valence-corrected chi connectivity index (χ2v) is 7.35. The van der Waals surface area contributed by atoms with Gasteiger partial charge in [0.2, 0.25) is 0 Å². The summed E-state index contributed by atoms with van der Waals surface area (Å²) >= 11 is 0. The number of pyridine rings is 2. The molecule has 3 heterocycles. The molecule has 0 aliphatic carbocycles. The van der Waals surface area contributed by atoms with Gasteiger partial charge in [-0.25, -0.2) is 9.37 Å². The van der Waals surface area contributed by atoms with Crippen LogP contribution in [0.15, 0.2) is 60.9 Å². The number of nitrogens with zero attached hydrogens (tertiary/aromatic N) is 3. The van der Waals surface area contributed by atoms with Crippen LogP contribution in [-0.4, -0.2) is 34.9 Å². The normalized spacial score (nSPS) is 16.6. The molecule has 3 aromatic rings. The number of nitrogens with two attached hydrogens (primary N) is 1. The van der Waals surface area contributed by atoms with Gasteiger partial charge in [0.15, 0.2) is 5.78 Å². The molecule has 0 radical (unpaired) electrons. The predicted octanol–water partition coefficient (Wildman–Crippen LogP) is 3.64. The van der Waals surface area contributed by atoms with Gasteiger partial charge in [-0.1, -0.05) is 30.3 Å². The molecule has 1 aliphatic heterocycles. The number of aromatic nitrogens is 2.